The van der Waals surface area contributed by atoms with Crippen LogP contribution in [-0.4, -0.2) is 61.6 Å². The van der Waals surface area contributed by atoms with Crippen molar-refractivity contribution in [2.45, 2.75) is 37.5 Å². The predicted molar refractivity (Wildman–Crippen MR) is 70.1 cm³/mol. The zero-order valence-corrected chi connectivity index (χ0v) is 12.8. The summed E-state index contributed by atoms with van der Waals surface area (Å²) in [6, 6.07) is 0. The van der Waals surface area contributed by atoms with Crippen molar-refractivity contribution in [1.29, 1.82) is 0 Å². The molecule has 1 fully saturated rings. The number of rotatable bonds is 4. The average Bonchev–Trinajstić information content (AvgIpc) is 2.27. The number of carboxylic acid groups (broad SMARTS) is 1. The molecule has 1 N–H and O–H groups in total. The number of likely N-dealkylation sites (N-methyl/N-ethyl adjacent to an activating group) is 1. The summed E-state index contributed by atoms with van der Waals surface area (Å²) in [4.78, 5) is 11.1. The van der Waals surface area contributed by atoms with Gasteiger partial charge in [0.05, 0.1) is 16.8 Å². The second-order valence-corrected chi connectivity index (χ2v) is 9.78. The molecule has 0 aliphatic carbocycles. The quantitative estimate of drug-likeness (QED) is 0.762. The van der Waals surface area contributed by atoms with Crippen molar-refractivity contribution >= 4 is 25.8 Å². The molecule has 1 aliphatic rings. The van der Waals surface area contributed by atoms with Crippen molar-refractivity contribution in [1.82, 2.24) is 4.31 Å². The number of hydrogen-bond donors (Lipinski definition) is 1. The van der Waals surface area contributed by atoms with E-state index in [-0.39, 0.29) is 24.3 Å². The normalized spacial score (nSPS) is 21.5. The van der Waals surface area contributed by atoms with Crippen LogP contribution in [0.5, 0.6) is 0 Å². The Morgan fingerprint density at radius 2 is 1.68 bits per heavy atom. The minimum Gasteiger partial charge on any atom is -0.480 e. The first-order valence-electron chi connectivity index (χ1n) is 5.83. The third-order valence-corrected chi connectivity index (χ3v) is 7.86. The van der Waals surface area contributed by atoms with Gasteiger partial charge in [-0.2, -0.15) is 4.31 Å². The topological polar surface area (TPSA) is 109 Å². The fraction of sp³-hybridized carbons (Fsp3) is 0.900. The van der Waals surface area contributed by atoms with Gasteiger partial charge < -0.3 is 5.11 Å². The molecule has 0 aromatic carbocycles. The summed E-state index contributed by atoms with van der Waals surface area (Å²) in [5.41, 5.74) is -1.56. The minimum atomic E-state index is -3.83. The van der Waals surface area contributed by atoms with Gasteiger partial charge in [0.2, 0.25) is 10.0 Å². The Bertz CT molecular complexity index is 549. The molecule has 112 valence electrons. The lowest BCUT2D eigenvalue weighted by molar-refractivity contribution is -0.145. The molecule has 1 saturated heterocycles. The molecule has 0 spiro atoms. The zero-order chi connectivity index (χ0) is 15.1. The minimum absolute atomic E-state index is 0.0186. The van der Waals surface area contributed by atoms with E-state index in [1.165, 1.54) is 20.9 Å². The van der Waals surface area contributed by atoms with E-state index in [2.05, 4.69) is 0 Å². The number of carbonyl (C=O) groups is 1. The second-order valence-electron chi connectivity index (χ2n) is 5.23. The van der Waals surface area contributed by atoms with Crippen molar-refractivity contribution in [2.75, 3.05) is 18.6 Å². The Morgan fingerprint density at radius 3 is 2.05 bits per heavy atom. The number of hydrogen-bond acceptors (Lipinski definition) is 5. The highest BCUT2D eigenvalue weighted by Gasteiger charge is 2.44. The molecule has 9 heteroatoms. The highest BCUT2D eigenvalue weighted by atomic mass is 32.2. The number of sulfonamides is 1. The molecule has 0 unspecified atom stereocenters. The number of sulfone groups is 1. The van der Waals surface area contributed by atoms with Gasteiger partial charge in [-0.1, -0.05) is 0 Å². The first-order chi connectivity index (χ1) is 8.41. The van der Waals surface area contributed by atoms with E-state index in [1.54, 1.807) is 0 Å². The van der Waals surface area contributed by atoms with Gasteiger partial charge in [-0.15, -0.1) is 0 Å². The van der Waals surface area contributed by atoms with Crippen LogP contribution in [0.4, 0.5) is 0 Å². The van der Waals surface area contributed by atoms with E-state index in [1.807, 2.05) is 0 Å². The first kappa shape index (κ1) is 16.4. The van der Waals surface area contributed by atoms with E-state index in [4.69, 9.17) is 5.11 Å². The average molecular weight is 313 g/mol. The molecule has 0 bridgehead atoms. The van der Waals surface area contributed by atoms with Crippen LogP contribution in [0.15, 0.2) is 0 Å². The maximum absolute atomic E-state index is 12.3. The van der Waals surface area contributed by atoms with Crippen LogP contribution in [0.1, 0.15) is 26.7 Å². The molecule has 7 nitrogen and oxygen atoms in total. The molecule has 0 radical (unpaired) electrons. The van der Waals surface area contributed by atoms with Gasteiger partial charge in [0.25, 0.3) is 0 Å². The Kier molecular flexibility index (Phi) is 4.33. The van der Waals surface area contributed by atoms with Gasteiger partial charge in [0.1, 0.15) is 15.4 Å². The molecule has 0 amide bonds. The molecule has 1 heterocycles. The Labute approximate surface area is 113 Å². The lowest BCUT2D eigenvalue weighted by Crippen LogP contribution is -2.54. The Hall–Kier alpha value is -0.670. The molecule has 0 aromatic rings. The summed E-state index contributed by atoms with van der Waals surface area (Å²) >= 11 is 0. The second kappa shape index (κ2) is 5.02. The summed E-state index contributed by atoms with van der Waals surface area (Å²) in [7, 11) is -5.76. The van der Waals surface area contributed by atoms with Gasteiger partial charge in [0.15, 0.2) is 0 Å². The number of aliphatic carboxylic acids is 1. The zero-order valence-electron chi connectivity index (χ0n) is 11.2. The third kappa shape index (κ3) is 3.26. The largest absolute Gasteiger partial charge is 0.480 e. The van der Waals surface area contributed by atoms with Crippen molar-refractivity contribution in [3.63, 3.8) is 0 Å². The summed E-state index contributed by atoms with van der Waals surface area (Å²) in [6.45, 7) is 2.60. The highest BCUT2D eigenvalue weighted by molar-refractivity contribution is 7.92. The predicted octanol–water partition coefficient (Wildman–Crippen LogP) is -0.312. The third-order valence-electron chi connectivity index (χ3n) is 3.62. The molecule has 0 atom stereocenters. The standard InChI is InChI=1S/C10H19NO6S2/c1-10(2,9(12)13)11(3)19(16,17)8-4-6-18(14,15)7-5-8/h8H,4-7H2,1-3H3,(H,12,13). The van der Waals surface area contributed by atoms with Crippen molar-refractivity contribution < 1.29 is 26.7 Å². The van der Waals surface area contributed by atoms with E-state index in [0.717, 1.165) is 4.31 Å². The monoisotopic (exact) mass is 313 g/mol. The molecule has 0 aromatic heterocycles. The number of nitrogens with zero attached hydrogens (tertiary/aromatic N) is 1. The van der Waals surface area contributed by atoms with Crippen molar-refractivity contribution in [3.05, 3.63) is 0 Å². The number of carboxylic acids is 1. The van der Waals surface area contributed by atoms with Crippen LogP contribution in [0, 0.1) is 0 Å². The fourth-order valence-corrected chi connectivity index (χ4v) is 5.63. The van der Waals surface area contributed by atoms with Gasteiger partial charge in [-0.3, -0.25) is 4.79 Å². The summed E-state index contributed by atoms with van der Waals surface area (Å²) < 4.78 is 48.0. The van der Waals surface area contributed by atoms with E-state index in [9.17, 15) is 21.6 Å². The van der Waals surface area contributed by atoms with Crippen LogP contribution in [0.2, 0.25) is 0 Å². The molecule has 1 rings (SSSR count). The van der Waals surface area contributed by atoms with Gasteiger partial charge in [-0.25, -0.2) is 16.8 Å². The lowest BCUT2D eigenvalue weighted by atomic mass is 10.1. The maximum atomic E-state index is 12.3. The first-order valence-corrected chi connectivity index (χ1v) is 9.15. The molecule has 19 heavy (non-hydrogen) atoms. The Morgan fingerprint density at radius 1 is 1.26 bits per heavy atom. The molecule has 1 aliphatic heterocycles. The summed E-state index contributed by atoms with van der Waals surface area (Å²) in [5, 5.41) is 8.22. The van der Waals surface area contributed by atoms with Crippen LogP contribution in [-0.2, 0) is 24.7 Å². The van der Waals surface area contributed by atoms with Crippen LogP contribution in [0.3, 0.4) is 0 Å². The van der Waals surface area contributed by atoms with Crippen LogP contribution >= 0.6 is 0 Å². The fourth-order valence-electron chi connectivity index (χ4n) is 1.84. The molecule has 0 saturated carbocycles. The van der Waals surface area contributed by atoms with Crippen LogP contribution < -0.4 is 0 Å². The van der Waals surface area contributed by atoms with Gasteiger partial charge >= 0.3 is 5.97 Å². The lowest BCUT2D eigenvalue weighted by Gasteiger charge is -2.34. The van der Waals surface area contributed by atoms with Crippen LogP contribution in [0.25, 0.3) is 0 Å². The van der Waals surface area contributed by atoms with Gasteiger partial charge in [-0.05, 0) is 26.7 Å². The van der Waals surface area contributed by atoms with E-state index in [0.29, 0.717) is 0 Å². The summed E-state index contributed by atoms with van der Waals surface area (Å²) in [5.74, 6) is -1.58. The maximum Gasteiger partial charge on any atom is 0.324 e. The smallest absolute Gasteiger partial charge is 0.324 e. The van der Waals surface area contributed by atoms with Crippen molar-refractivity contribution in [2.24, 2.45) is 0 Å². The van der Waals surface area contributed by atoms with Crippen molar-refractivity contribution in [3.8, 4) is 0 Å². The molecular formula is C10H19NO6S2. The highest BCUT2D eigenvalue weighted by Crippen LogP contribution is 2.26. The van der Waals surface area contributed by atoms with Gasteiger partial charge in [0, 0.05) is 7.05 Å². The SMILES string of the molecule is CN(C(C)(C)C(=O)O)S(=O)(=O)C1CCS(=O)(=O)CC1. The van der Waals surface area contributed by atoms with E-state index >= 15 is 0 Å². The molecular weight excluding hydrogens is 294 g/mol. The summed E-state index contributed by atoms with van der Waals surface area (Å²) in [6.07, 6.45) is 0.0371. The van der Waals surface area contributed by atoms with E-state index < -0.39 is 36.6 Å². The Balaban J connectivity index is 2.97.